The van der Waals surface area contributed by atoms with Crippen molar-refractivity contribution in [3.05, 3.63) is 80.3 Å². The second-order valence-electron chi connectivity index (χ2n) is 6.12. The molecule has 0 saturated heterocycles. The van der Waals surface area contributed by atoms with Crippen molar-refractivity contribution >= 4 is 61.6 Å². The van der Waals surface area contributed by atoms with Gasteiger partial charge < -0.3 is 13.7 Å². The molecule has 2 aromatic heterocycles. The van der Waals surface area contributed by atoms with Gasteiger partial charge in [-0.3, -0.25) is 4.79 Å². The van der Waals surface area contributed by atoms with Crippen LogP contribution >= 0.6 is 38.5 Å². The van der Waals surface area contributed by atoms with Gasteiger partial charge in [0.2, 0.25) is 0 Å². The minimum Gasteiger partial charge on any atom is -0.497 e. The summed E-state index contributed by atoms with van der Waals surface area (Å²) in [5.74, 6) is 0.585. The molecule has 4 aromatic rings. The molecule has 2 aromatic carbocycles. The van der Waals surface area contributed by atoms with E-state index in [1.807, 2.05) is 59.3 Å². The van der Waals surface area contributed by atoms with Crippen molar-refractivity contribution in [2.24, 2.45) is 5.10 Å². The molecule has 4 rings (SSSR count). The van der Waals surface area contributed by atoms with Gasteiger partial charge in [0.1, 0.15) is 11.3 Å². The largest absolute Gasteiger partial charge is 0.497 e. The average molecular weight is 564 g/mol. The minimum absolute atomic E-state index is 0.207. The number of hydrogen-bond acceptors (Lipinski definition) is 4. The summed E-state index contributed by atoms with van der Waals surface area (Å²) in [5.41, 5.74) is 4.97. The van der Waals surface area contributed by atoms with E-state index in [4.69, 9.17) is 9.15 Å². The summed E-state index contributed by atoms with van der Waals surface area (Å²) in [7, 11) is 1.63. The minimum atomic E-state index is -0.410. The molecule has 0 atom stereocenters. The van der Waals surface area contributed by atoms with Crippen molar-refractivity contribution in [2.75, 3.05) is 7.11 Å². The summed E-state index contributed by atoms with van der Waals surface area (Å²) in [6.45, 7) is 0. The Kier molecular flexibility index (Phi) is 5.72. The predicted molar refractivity (Wildman–Crippen MR) is 124 cm³/mol. The van der Waals surface area contributed by atoms with Crippen molar-refractivity contribution in [3.63, 3.8) is 0 Å². The molecule has 0 aliphatic carbocycles. The van der Waals surface area contributed by atoms with Crippen LogP contribution in [-0.2, 0) is 0 Å². The highest BCUT2D eigenvalue weighted by atomic mass is 127. The molecule has 0 radical (unpaired) electrons. The van der Waals surface area contributed by atoms with Gasteiger partial charge in [0.05, 0.1) is 22.6 Å². The van der Waals surface area contributed by atoms with Crippen LogP contribution in [0.25, 0.3) is 16.7 Å². The van der Waals surface area contributed by atoms with E-state index < -0.39 is 5.91 Å². The maximum Gasteiger partial charge on any atom is 0.307 e. The number of hydrazone groups is 1. The van der Waals surface area contributed by atoms with Crippen molar-refractivity contribution in [1.82, 2.24) is 9.99 Å². The monoisotopic (exact) mass is 563 g/mol. The van der Waals surface area contributed by atoms with E-state index in [1.54, 1.807) is 19.4 Å². The van der Waals surface area contributed by atoms with Gasteiger partial charge in [0.15, 0.2) is 5.76 Å². The van der Waals surface area contributed by atoms with Gasteiger partial charge in [-0.05, 0) is 77.2 Å². The summed E-state index contributed by atoms with van der Waals surface area (Å²) in [6.07, 6.45) is 3.51. The van der Waals surface area contributed by atoms with Gasteiger partial charge in [-0.15, -0.1) is 0 Å². The Morgan fingerprint density at radius 3 is 2.79 bits per heavy atom. The number of aromatic nitrogens is 1. The zero-order valence-electron chi connectivity index (χ0n) is 15.2. The van der Waals surface area contributed by atoms with Crippen LogP contribution in [0.15, 0.2) is 74.8 Å². The molecular weight excluding hydrogens is 549 g/mol. The Morgan fingerprint density at radius 1 is 1.24 bits per heavy atom. The number of methoxy groups -OCH3 is 1. The number of furan rings is 1. The molecule has 0 fully saturated rings. The summed E-state index contributed by atoms with van der Waals surface area (Å²) in [6, 6.07) is 17.0. The van der Waals surface area contributed by atoms with Crippen LogP contribution in [0.5, 0.6) is 5.75 Å². The number of fused-ring (bicyclic) bond motifs is 1. The fraction of sp³-hybridized carbons (Fsp3) is 0.0476. The van der Waals surface area contributed by atoms with Crippen molar-refractivity contribution in [1.29, 1.82) is 0 Å². The number of amides is 1. The molecule has 0 spiro atoms. The first-order valence-electron chi connectivity index (χ1n) is 8.59. The number of nitrogens with one attached hydrogen (secondary N) is 1. The third kappa shape index (κ3) is 4.23. The first-order chi connectivity index (χ1) is 14.0. The van der Waals surface area contributed by atoms with Crippen LogP contribution in [0.2, 0.25) is 0 Å². The lowest BCUT2D eigenvalue weighted by Crippen LogP contribution is -2.17. The van der Waals surface area contributed by atoms with E-state index >= 15 is 0 Å². The van der Waals surface area contributed by atoms with E-state index in [-0.39, 0.29) is 5.76 Å². The lowest BCUT2D eigenvalue weighted by Gasteiger charge is -2.07. The number of nitrogens with zero attached hydrogens (tertiary/aromatic N) is 2. The van der Waals surface area contributed by atoms with Crippen molar-refractivity contribution in [3.8, 4) is 11.4 Å². The molecule has 0 bridgehead atoms. The van der Waals surface area contributed by atoms with Crippen LogP contribution in [0.1, 0.15) is 16.2 Å². The van der Waals surface area contributed by atoms with Gasteiger partial charge in [-0.1, -0.05) is 15.9 Å². The van der Waals surface area contributed by atoms with Crippen LogP contribution in [-0.4, -0.2) is 23.8 Å². The third-order valence-electron chi connectivity index (χ3n) is 4.25. The highest BCUT2D eigenvalue weighted by Gasteiger charge is 2.14. The van der Waals surface area contributed by atoms with Gasteiger partial charge in [0, 0.05) is 21.7 Å². The van der Waals surface area contributed by atoms with Crippen molar-refractivity contribution < 1.29 is 13.9 Å². The molecule has 0 aliphatic heterocycles. The fourth-order valence-electron chi connectivity index (χ4n) is 2.88. The number of ether oxygens (including phenoxy) is 1. The number of hydrogen-bond donors (Lipinski definition) is 1. The molecule has 1 N–H and O–H groups in total. The quantitative estimate of drug-likeness (QED) is 0.202. The van der Waals surface area contributed by atoms with E-state index in [2.05, 4.69) is 49.0 Å². The lowest BCUT2D eigenvalue weighted by molar-refractivity contribution is 0.0929. The Balaban J connectivity index is 1.50. The molecule has 146 valence electrons. The fourth-order valence-corrected chi connectivity index (χ4v) is 4.54. The summed E-state index contributed by atoms with van der Waals surface area (Å²) >= 11 is 5.62. The predicted octanol–water partition coefficient (Wildman–Crippen LogP) is 5.36. The molecule has 29 heavy (non-hydrogen) atoms. The van der Waals surface area contributed by atoms with E-state index in [1.165, 1.54) is 0 Å². The number of halogens is 2. The zero-order valence-corrected chi connectivity index (χ0v) is 19.0. The van der Waals surface area contributed by atoms with Gasteiger partial charge in [0.25, 0.3) is 0 Å². The molecule has 0 saturated carbocycles. The Morgan fingerprint density at radius 2 is 2.03 bits per heavy atom. The standard InChI is InChI=1S/C21H15BrIN3O3/c1-28-17-6-4-15(5-7-17)26-8-2-3-16(26)12-24-25-21(27)19-10-13-9-14(22)11-18(23)20(13)29-19/h2-12H,1H3,(H,25,27)/b24-12-. The van der Waals surface area contributed by atoms with Crippen LogP contribution in [0.4, 0.5) is 0 Å². The maximum absolute atomic E-state index is 12.4. The molecule has 2 heterocycles. The summed E-state index contributed by atoms with van der Waals surface area (Å²) < 4.78 is 14.7. The van der Waals surface area contributed by atoms with Gasteiger partial charge in [-0.25, -0.2) is 5.43 Å². The molecule has 0 unspecified atom stereocenters. The molecule has 0 aliphatic rings. The number of carbonyl (C=O) groups is 1. The number of benzene rings is 2. The Bertz CT molecular complexity index is 1210. The van der Waals surface area contributed by atoms with Crippen molar-refractivity contribution in [2.45, 2.75) is 0 Å². The molecular formula is C21H15BrIN3O3. The highest BCUT2D eigenvalue weighted by molar-refractivity contribution is 14.1. The topological polar surface area (TPSA) is 68.8 Å². The molecule has 8 heteroatoms. The van der Waals surface area contributed by atoms with Crippen LogP contribution < -0.4 is 10.2 Å². The summed E-state index contributed by atoms with van der Waals surface area (Å²) in [4.78, 5) is 12.4. The number of carbonyl (C=O) groups excluding carboxylic acids is 1. The Hall–Kier alpha value is -2.59. The highest BCUT2D eigenvalue weighted by Crippen LogP contribution is 2.28. The molecule has 1 amide bonds. The molecule has 6 nitrogen and oxygen atoms in total. The smallest absolute Gasteiger partial charge is 0.307 e. The second kappa shape index (κ2) is 8.42. The Labute approximate surface area is 188 Å². The average Bonchev–Trinajstić information content (AvgIpc) is 3.35. The first-order valence-corrected chi connectivity index (χ1v) is 10.5. The lowest BCUT2D eigenvalue weighted by atomic mass is 10.2. The maximum atomic E-state index is 12.4. The normalized spacial score (nSPS) is 11.3. The van der Waals surface area contributed by atoms with E-state index in [0.717, 1.165) is 30.6 Å². The first kappa shape index (κ1) is 19.7. The van der Waals surface area contributed by atoms with Gasteiger partial charge in [-0.2, -0.15) is 5.10 Å². The SMILES string of the molecule is COc1ccc(-n2cccc2/C=N\NC(=O)c2cc3cc(Br)cc(I)c3o2)cc1. The number of rotatable bonds is 5. The van der Waals surface area contributed by atoms with E-state index in [9.17, 15) is 4.79 Å². The zero-order chi connectivity index (χ0) is 20.4. The van der Waals surface area contributed by atoms with Gasteiger partial charge >= 0.3 is 5.91 Å². The summed E-state index contributed by atoms with van der Waals surface area (Å²) in [5, 5.41) is 4.93. The van der Waals surface area contributed by atoms with Crippen LogP contribution in [0.3, 0.4) is 0 Å². The second-order valence-corrected chi connectivity index (χ2v) is 8.19. The third-order valence-corrected chi connectivity index (χ3v) is 5.51. The van der Waals surface area contributed by atoms with E-state index in [0.29, 0.717) is 5.58 Å². The van der Waals surface area contributed by atoms with Crippen LogP contribution in [0, 0.1) is 3.57 Å².